The van der Waals surface area contributed by atoms with Gasteiger partial charge in [0.25, 0.3) is 0 Å². The van der Waals surface area contributed by atoms with Crippen molar-refractivity contribution in [1.29, 1.82) is 0 Å². The van der Waals surface area contributed by atoms with Gasteiger partial charge in [-0.05, 0) is 54.5 Å². The molecule has 2 aromatic carbocycles. The molecule has 0 bridgehead atoms. The molecule has 0 spiro atoms. The Hall–Kier alpha value is -2.84. The fourth-order valence-electron chi connectivity index (χ4n) is 2.20. The van der Waals surface area contributed by atoms with Crippen LogP contribution in [0.4, 0.5) is 5.69 Å². The third-order valence-electron chi connectivity index (χ3n) is 3.53. The molecule has 0 unspecified atom stereocenters. The Labute approximate surface area is 158 Å². The second-order valence-corrected chi connectivity index (χ2v) is 7.21. The van der Waals surface area contributed by atoms with Gasteiger partial charge in [-0.15, -0.1) is 0 Å². The van der Waals surface area contributed by atoms with Crippen molar-refractivity contribution in [2.24, 2.45) is 5.14 Å². The van der Waals surface area contributed by atoms with Gasteiger partial charge in [0.1, 0.15) is 0 Å². The lowest BCUT2D eigenvalue weighted by Crippen LogP contribution is -2.12. The zero-order valence-corrected chi connectivity index (χ0v) is 16.0. The first-order valence-electron chi connectivity index (χ1n) is 8.26. The van der Waals surface area contributed by atoms with Crippen molar-refractivity contribution in [3.63, 3.8) is 0 Å². The van der Waals surface area contributed by atoms with E-state index in [0.717, 1.165) is 12.0 Å². The predicted octanol–water partition coefficient (Wildman–Crippen LogP) is 2.78. The van der Waals surface area contributed by atoms with Crippen LogP contribution in [0, 0.1) is 0 Å². The largest absolute Gasteiger partial charge is 0.493 e. The molecular formula is C19H22N2O5S. The highest BCUT2D eigenvalue weighted by Crippen LogP contribution is 2.28. The summed E-state index contributed by atoms with van der Waals surface area (Å²) in [4.78, 5) is 12.0. The van der Waals surface area contributed by atoms with Gasteiger partial charge in [0.15, 0.2) is 11.5 Å². The number of rotatable bonds is 8. The summed E-state index contributed by atoms with van der Waals surface area (Å²) in [5.74, 6) is 0.879. The summed E-state index contributed by atoms with van der Waals surface area (Å²) in [5.41, 5.74) is 1.23. The first kappa shape index (κ1) is 20.5. The summed E-state index contributed by atoms with van der Waals surface area (Å²) in [6.45, 7) is 2.61. The average molecular weight is 390 g/mol. The molecule has 0 heterocycles. The van der Waals surface area contributed by atoms with E-state index in [1.54, 1.807) is 25.3 Å². The van der Waals surface area contributed by atoms with Crippen LogP contribution in [0.15, 0.2) is 53.4 Å². The molecule has 7 nitrogen and oxygen atoms in total. The summed E-state index contributed by atoms with van der Waals surface area (Å²) in [5, 5.41) is 7.68. The quantitative estimate of drug-likeness (QED) is 0.674. The van der Waals surface area contributed by atoms with Gasteiger partial charge >= 0.3 is 0 Å². The minimum atomic E-state index is -3.76. The summed E-state index contributed by atoms with van der Waals surface area (Å²) in [6.07, 6.45) is 3.90. The van der Waals surface area contributed by atoms with Crippen molar-refractivity contribution in [2.45, 2.75) is 18.2 Å². The molecule has 27 heavy (non-hydrogen) atoms. The predicted molar refractivity (Wildman–Crippen MR) is 104 cm³/mol. The molecule has 1 amide bonds. The Morgan fingerprint density at radius 3 is 2.44 bits per heavy atom. The lowest BCUT2D eigenvalue weighted by molar-refractivity contribution is -0.111. The number of hydrogen-bond acceptors (Lipinski definition) is 5. The van der Waals surface area contributed by atoms with Crippen molar-refractivity contribution >= 4 is 27.7 Å². The van der Waals surface area contributed by atoms with Gasteiger partial charge in [0, 0.05) is 11.8 Å². The van der Waals surface area contributed by atoms with Crippen molar-refractivity contribution < 1.29 is 22.7 Å². The normalized spacial score (nSPS) is 11.4. The Balaban J connectivity index is 2.03. The number of carbonyl (C=O) groups is 1. The fourth-order valence-corrected chi connectivity index (χ4v) is 2.72. The van der Waals surface area contributed by atoms with Crippen LogP contribution in [-0.4, -0.2) is 28.0 Å². The van der Waals surface area contributed by atoms with Gasteiger partial charge in [-0.2, -0.15) is 0 Å². The van der Waals surface area contributed by atoms with Gasteiger partial charge in [-0.25, -0.2) is 13.6 Å². The zero-order valence-electron chi connectivity index (χ0n) is 15.1. The summed E-state index contributed by atoms with van der Waals surface area (Å²) >= 11 is 0. The monoisotopic (exact) mass is 390 g/mol. The van der Waals surface area contributed by atoms with Crippen molar-refractivity contribution in [2.75, 3.05) is 19.0 Å². The number of hydrogen-bond donors (Lipinski definition) is 2. The first-order valence-corrected chi connectivity index (χ1v) is 9.81. The molecule has 0 atom stereocenters. The Morgan fingerprint density at radius 2 is 1.85 bits per heavy atom. The van der Waals surface area contributed by atoms with E-state index in [0.29, 0.717) is 23.8 Å². The number of benzene rings is 2. The molecule has 0 fully saturated rings. The maximum Gasteiger partial charge on any atom is 0.248 e. The van der Waals surface area contributed by atoms with Crippen LogP contribution in [0.25, 0.3) is 6.08 Å². The number of primary sulfonamides is 1. The Bertz CT molecular complexity index is 922. The van der Waals surface area contributed by atoms with Crippen LogP contribution < -0.4 is 19.9 Å². The van der Waals surface area contributed by atoms with Gasteiger partial charge < -0.3 is 14.8 Å². The van der Waals surface area contributed by atoms with Crippen LogP contribution >= 0.6 is 0 Å². The lowest BCUT2D eigenvalue weighted by atomic mass is 10.2. The number of amides is 1. The van der Waals surface area contributed by atoms with Gasteiger partial charge in [-0.1, -0.05) is 13.0 Å². The fraction of sp³-hybridized carbons (Fsp3) is 0.211. The highest BCUT2D eigenvalue weighted by atomic mass is 32.2. The highest BCUT2D eigenvalue weighted by molar-refractivity contribution is 7.89. The van der Waals surface area contributed by atoms with Crippen LogP contribution in [0.3, 0.4) is 0 Å². The van der Waals surface area contributed by atoms with E-state index in [1.165, 1.54) is 30.3 Å². The minimum Gasteiger partial charge on any atom is -0.493 e. The van der Waals surface area contributed by atoms with Crippen LogP contribution in [0.2, 0.25) is 0 Å². The maximum absolute atomic E-state index is 12.0. The van der Waals surface area contributed by atoms with E-state index in [4.69, 9.17) is 14.6 Å². The van der Waals surface area contributed by atoms with Crippen LogP contribution in [-0.2, 0) is 14.8 Å². The first-order chi connectivity index (χ1) is 12.8. The third kappa shape index (κ3) is 6.12. The number of carbonyl (C=O) groups excluding carboxylic acids is 1. The second kappa shape index (κ2) is 9.20. The standard InChI is InChI=1S/C19H22N2O5S/c1-3-12-26-17-10-4-14(13-18(17)25-2)5-11-19(22)21-15-6-8-16(9-7-15)27(20,23)24/h4-11,13H,3,12H2,1-2H3,(H,21,22)(H2,20,23,24)/b11-5+. The van der Waals surface area contributed by atoms with Gasteiger partial charge in [-0.3, -0.25) is 4.79 Å². The van der Waals surface area contributed by atoms with E-state index in [-0.39, 0.29) is 10.8 Å². The number of sulfonamides is 1. The van der Waals surface area contributed by atoms with E-state index in [9.17, 15) is 13.2 Å². The molecule has 8 heteroatoms. The minimum absolute atomic E-state index is 0.0199. The third-order valence-corrected chi connectivity index (χ3v) is 4.46. The van der Waals surface area contributed by atoms with Gasteiger partial charge in [0.2, 0.25) is 15.9 Å². The summed E-state index contributed by atoms with van der Waals surface area (Å²) < 4.78 is 33.3. The highest BCUT2D eigenvalue weighted by Gasteiger charge is 2.08. The molecule has 2 rings (SSSR count). The molecule has 0 saturated carbocycles. The maximum atomic E-state index is 12.0. The molecule has 0 aromatic heterocycles. The molecule has 144 valence electrons. The van der Waals surface area contributed by atoms with Crippen molar-refractivity contribution in [3.05, 3.63) is 54.1 Å². The van der Waals surface area contributed by atoms with E-state index >= 15 is 0 Å². The molecule has 0 aliphatic carbocycles. The Morgan fingerprint density at radius 1 is 1.15 bits per heavy atom. The average Bonchev–Trinajstić information content (AvgIpc) is 2.64. The second-order valence-electron chi connectivity index (χ2n) is 5.65. The van der Waals surface area contributed by atoms with Crippen molar-refractivity contribution in [3.8, 4) is 11.5 Å². The molecule has 3 N–H and O–H groups in total. The lowest BCUT2D eigenvalue weighted by Gasteiger charge is -2.10. The number of anilines is 1. The van der Waals surface area contributed by atoms with Crippen LogP contribution in [0.1, 0.15) is 18.9 Å². The molecule has 0 saturated heterocycles. The molecular weight excluding hydrogens is 368 g/mol. The SMILES string of the molecule is CCCOc1ccc(/C=C/C(=O)Nc2ccc(S(N)(=O)=O)cc2)cc1OC. The summed E-state index contributed by atoms with van der Waals surface area (Å²) in [7, 11) is -2.20. The number of ether oxygens (including phenoxy) is 2. The molecule has 0 aliphatic heterocycles. The number of methoxy groups -OCH3 is 1. The van der Waals surface area contributed by atoms with Crippen molar-refractivity contribution in [1.82, 2.24) is 0 Å². The zero-order chi connectivity index (χ0) is 19.9. The smallest absolute Gasteiger partial charge is 0.248 e. The molecule has 2 aromatic rings. The van der Waals surface area contributed by atoms with E-state index < -0.39 is 10.0 Å². The molecule has 0 aliphatic rings. The topological polar surface area (TPSA) is 108 Å². The van der Waals surface area contributed by atoms with Gasteiger partial charge in [0.05, 0.1) is 18.6 Å². The summed E-state index contributed by atoms with van der Waals surface area (Å²) in [6, 6.07) is 11.0. The number of nitrogens with two attached hydrogens (primary N) is 1. The number of nitrogens with one attached hydrogen (secondary N) is 1. The molecule has 0 radical (unpaired) electrons. The van der Waals surface area contributed by atoms with E-state index in [2.05, 4.69) is 5.32 Å². The Kier molecular flexibility index (Phi) is 6.98. The van der Waals surface area contributed by atoms with E-state index in [1.807, 2.05) is 13.0 Å². The van der Waals surface area contributed by atoms with Crippen LogP contribution in [0.5, 0.6) is 11.5 Å².